The van der Waals surface area contributed by atoms with E-state index >= 15 is 0 Å². The number of halogens is 1. The fourth-order valence-electron chi connectivity index (χ4n) is 1.48. The zero-order chi connectivity index (χ0) is 11.7. The van der Waals surface area contributed by atoms with Crippen molar-refractivity contribution in [1.82, 2.24) is 0 Å². The van der Waals surface area contributed by atoms with Crippen molar-refractivity contribution in [3.63, 3.8) is 0 Å². The second-order valence-corrected chi connectivity index (χ2v) is 3.23. The summed E-state index contributed by atoms with van der Waals surface area (Å²) in [5, 5.41) is 9.62. The van der Waals surface area contributed by atoms with Gasteiger partial charge < -0.3 is 14.3 Å². The molecule has 0 atom stereocenters. The minimum atomic E-state index is -0.872. The summed E-state index contributed by atoms with van der Waals surface area (Å²) in [5.74, 6) is 0.0165. The number of ether oxygens (including phenoxy) is 1. The molecule has 0 spiro atoms. The number of benzene rings is 1. The molecule has 1 N–H and O–H groups in total. The normalized spacial score (nSPS) is 10.6. The van der Waals surface area contributed by atoms with Crippen LogP contribution in [0.3, 0.4) is 0 Å². The number of phenolic OH excluding ortho intramolecular Hbond substituents is 1. The Morgan fingerprint density at radius 1 is 1.44 bits per heavy atom. The summed E-state index contributed by atoms with van der Waals surface area (Å²) in [6, 6.07) is 3.75. The first-order valence-corrected chi connectivity index (χ1v) is 4.55. The molecule has 2 aromatic rings. The number of methoxy groups -OCH3 is 1. The molecule has 0 unspecified atom stereocenters. The van der Waals surface area contributed by atoms with Crippen LogP contribution < -0.4 is 10.2 Å². The maximum Gasteiger partial charge on any atom is 0.196 e. The molecule has 0 aliphatic carbocycles. The molecule has 1 heterocycles. The zero-order valence-corrected chi connectivity index (χ0v) is 8.49. The van der Waals surface area contributed by atoms with Crippen LogP contribution in [0.2, 0.25) is 0 Å². The molecule has 0 radical (unpaired) electrons. The van der Waals surface area contributed by atoms with Gasteiger partial charge in [-0.15, -0.1) is 0 Å². The molecule has 4 nitrogen and oxygen atoms in total. The number of hydrogen-bond donors (Lipinski definition) is 1. The van der Waals surface area contributed by atoms with E-state index in [4.69, 9.17) is 9.15 Å². The highest BCUT2D eigenvalue weighted by molar-refractivity contribution is 5.84. The summed E-state index contributed by atoms with van der Waals surface area (Å²) in [6.07, 6.45) is 0. The van der Waals surface area contributed by atoms with Gasteiger partial charge in [0.15, 0.2) is 5.43 Å². The smallest absolute Gasteiger partial charge is 0.196 e. The van der Waals surface area contributed by atoms with Crippen LogP contribution in [0.1, 0.15) is 5.76 Å². The lowest BCUT2D eigenvalue weighted by Gasteiger charge is -2.04. The molecule has 0 bridgehead atoms. The number of aromatic hydroxyl groups is 1. The van der Waals surface area contributed by atoms with E-state index in [1.165, 1.54) is 19.2 Å². The highest BCUT2D eigenvalue weighted by atomic mass is 19.1. The molecular weight excluding hydrogens is 215 g/mol. The van der Waals surface area contributed by atoms with Gasteiger partial charge in [0.05, 0.1) is 7.11 Å². The van der Waals surface area contributed by atoms with Crippen molar-refractivity contribution in [2.45, 2.75) is 6.67 Å². The molecule has 5 heteroatoms. The number of fused-ring (bicyclic) bond motifs is 1. The van der Waals surface area contributed by atoms with Gasteiger partial charge in [-0.2, -0.15) is 0 Å². The molecule has 16 heavy (non-hydrogen) atoms. The number of phenols is 1. The topological polar surface area (TPSA) is 59.7 Å². The first-order chi connectivity index (χ1) is 7.65. The van der Waals surface area contributed by atoms with Gasteiger partial charge >= 0.3 is 0 Å². The van der Waals surface area contributed by atoms with Gasteiger partial charge in [-0.3, -0.25) is 4.79 Å². The van der Waals surface area contributed by atoms with Crippen LogP contribution >= 0.6 is 0 Å². The Balaban J connectivity index is 2.84. The highest BCUT2D eigenvalue weighted by Crippen LogP contribution is 2.28. The Hall–Kier alpha value is -2.04. The van der Waals surface area contributed by atoms with E-state index in [0.29, 0.717) is 5.75 Å². The van der Waals surface area contributed by atoms with Crippen molar-refractivity contribution in [3.05, 3.63) is 34.2 Å². The lowest BCUT2D eigenvalue weighted by molar-refractivity contribution is 0.393. The van der Waals surface area contributed by atoms with Crippen LogP contribution in [-0.4, -0.2) is 12.2 Å². The molecule has 0 aliphatic rings. The summed E-state index contributed by atoms with van der Waals surface area (Å²) in [4.78, 5) is 11.6. The third kappa shape index (κ3) is 1.60. The molecule has 0 amide bonds. The Morgan fingerprint density at radius 2 is 2.19 bits per heavy atom. The monoisotopic (exact) mass is 224 g/mol. The molecule has 1 aromatic carbocycles. The number of alkyl halides is 1. The van der Waals surface area contributed by atoms with Gasteiger partial charge in [-0.25, -0.2) is 4.39 Å². The molecule has 1 aromatic heterocycles. The van der Waals surface area contributed by atoms with Crippen molar-refractivity contribution in [2.75, 3.05) is 7.11 Å². The molecule has 84 valence electrons. The molecule has 2 rings (SSSR count). The SMILES string of the molecule is COc1cc(O)c2c(=O)cc(CF)oc2c1. The minimum Gasteiger partial charge on any atom is -0.507 e. The Labute approximate surface area is 89.9 Å². The van der Waals surface area contributed by atoms with Gasteiger partial charge in [0.25, 0.3) is 0 Å². The predicted molar refractivity (Wildman–Crippen MR) is 55.5 cm³/mol. The molecular formula is C11H9FO4. The fourth-order valence-corrected chi connectivity index (χ4v) is 1.48. The lowest BCUT2D eigenvalue weighted by atomic mass is 10.2. The second-order valence-electron chi connectivity index (χ2n) is 3.23. The van der Waals surface area contributed by atoms with E-state index in [-0.39, 0.29) is 22.5 Å². The number of hydrogen-bond acceptors (Lipinski definition) is 4. The summed E-state index contributed by atoms with van der Waals surface area (Å²) in [7, 11) is 1.41. The van der Waals surface area contributed by atoms with Crippen molar-refractivity contribution >= 4 is 11.0 Å². The molecule has 0 saturated heterocycles. The minimum absolute atomic E-state index is 0.0259. The summed E-state index contributed by atoms with van der Waals surface area (Å²) in [6.45, 7) is -0.872. The van der Waals surface area contributed by atoms with E-state index < -0.39 is 12.1 Å². The van der Waals surface area contributed by atoms with E-state index in [2.05, 4.69) is 0 Å². The Bertz CT molecular complexity index is 583. The van der Waals surface area contributed by atoms with Crippen molar-refractivity contribution in [1.29, 1.82) is 0 Å². The highest BCUT2D eigenvalue weighted by Gasteiger charge is 2.11. The molecule has 0 fully saturated rings. The molecule has 0 aliphatic heterocycles. The van der Waals surface area contributed by atoms with Gasteiger partial charge in [0.1, 0.15) is 34.9 Å². The van der Waals surface area contributed by atoms with E-state index in [1.54, 1.807) is 0 Å². The van der Waals surface area contributed by atoms with Crippen LogP contribution in [0, 0.1) is 0 Å². The quantitative estimate of drug-likeness (QED) is 0.847. The predicted octanol–water partition coefficient (Wildman–Crippen LogP) is 1.98. The van der Waals surface area contributed by atoms with Crippen LogP contribution in [0.4, 0.5) is 4.39 Å². The third-order valence-electron chi connectivity index (χ3n) is 2.20. The Kier molecular flexibility index (Phi) is 2.52. The molecule has 0 saturated carbocycles. The van der Waals surface area contributed by atoms with Gasteiger partial charge in [0.2, 0.25) is 0 Å². The average Bonchev–Trinajstić information content (AvgIpc) is 2.27. The average molecular weight is 224 g/mol. The fraction of sp³-hybridized carbons (Fsp3) is 0.182. The van der Waals surface area contributed by atoms with Gasteiger partial charge in [-0.05, 0) is 0 Å². The van der Waals surface area contributed by atoms with Crippen molar-refractivity contribution < 1.29 is 18.7 Å². The summed E-state index contributed by atoms with van der Waals surface area (Å²) < 4.78 is 22.4. The van der Waals surface area contributed by atoms with E-state index in [1.807, 2.05) is 0 Å². The lowest BCUT2D eigenvalue weighted by Crippen LogP contribution is -2.02. The second kappa shape index (κ2) is 3.84. The van der Waals surface area contributed by atoms with E-state index in [9.17, 15) is 14.3 Å². The first-order valence-electron chi connectivity index (χ1n) is 4.55. The number of rotatable bonds is 2. The van der Waals surface area contributed by atoms with Gasteiger partial charge in [-0.1, -0.05) is 0 Å². The maximum absolute atomic E-state index is 12.4. The largest absolute Gasteiger partial charge is 0.507 e. The standard InChI is InChI=1S/C11H9FO4/c1-15-6-2-8(13)11-9(14)3-7(5-12)16-10(11)4-6/h2-4,13H,5H2,1H3. The van der Waals surface area contributed by atoms with Crippen LogP contribution in [0.5, 0.6) is 11.5 Å². The van der Waals surface area contributed by atoms with Crippen LogP contribution in [-0.2, 0) is 6.67 Å². The van der Waals surface area contributed by atoms with Crippen LogP contribution in [0.25, 0.3) is 11.0 Å². The third-order valence-corrected chi connectivity index (χ3v) is 2.20. The van der Waals surface area contributed by atoms with E-state index in [0.717, 1.165) is 6.07 Å². The maximum atomic E-state index is 12.4. The summed E-state index contributed by atoms with van der Waals surface area (Å²) in [5.41, 5.74) is -0.369. The van der Waals surface area contributed by atoms with Crippen molar-refractivity contribution in [3.8, 4) is 11.5 Å². The zero-order valence-electron chi connectivity index (χ0n) is 8.49. The van der Waals surface area contributed by atoms with Crippen LogP contribution in [0.15, 0.2) is 27.4 Å². The summed E-state index contributed by atoms with van der Waals surface area (Å²) >= 11 is 0. The Morgan fingerprint density at radius 3 is 2.81 bits per heavy atom. The first kappa shape index (κ1) is 10.5. The van der Waals surface area contributed by atoms with Crippen molar-refractivity contribution in [2.24, 2.45) is 0 Å². The van der Waals surface area contributed by atoms with Gasteiger partial charge in [0, 0.05) is 18.2 Å².